The van der Waals surface area contributed by atoms with Crippen LogP contribution in [0, 0.1) is 0 Å². The summed E-state index contributed by atoms with van der Waals surface area (Å²) < 4.78 is 4.32. The number of aromatic nitrogens is 1. The molecule has 1 amide bonds. The topological polar surface area (TPSA) is 68.0 Å². The van der Waals surface area contributed by atoms with Gasteiger partial charge in [0.1, 0.15) is 10.6 Å². The third-order valence-corrected chi connectivity index (χ3v) is 5.02. The molecule has 0 saturated heterocycles. The van der Waals surface area contributed by atoms with Crippen LogP contribution in [0.1, 0.15) is 14.5 Å². The Hall–Kier alpha value is -2.18. The molecule has 3 aromatic rings. The van der Waals surface area contributed by atoms with E-state index in [1.54, 1.807) is 11.3 Å². The summed E-state index contributed by atoms with van der Waals surface area (Å²) in [6, 6.07) is 13.7. The van der Waals surface area contributed by atoms with Gasteiger partial charge in [-0.2, -0.15) is 4.37 Å². The van der Waals surface area contributed by atoms with E-state index in [9.17, 15) is 4.79 Å². The number of hydrogen-bond acceptors (Lipinski definition) is 5. The van der Waals surface area contributed by atoms with Gasteiger partial charge in [-0.1, -0.05) is 36.4 Å². The fourth-order valence-corrected chi connectivity index (χ4v) is 3.54. The van der Waals surface area contributed by atoms with E-state index in [1.807, 2.05) is 41.8 Å². The van der Waals surface area contributed by atoms with Crippen LogP contribution in [0.15, 0.2) is 47.8 Å². The molecule has 4 nitrogen and oxygen atoms in total. The lowest BCUT2D eigenvalue weighted by atomic mass is 10.1. The van der Waals surface area contributed by atoms with Gasteiger partial charge in [-0.25, -0.2) is 0 Å². The van der Waals surface area contributed by atoms with Gasteiger partial charge in [0.05, 0.1) is 5.69 Å². The van der Waals surface area contributed by atoms with Gasteiger partial charge in [0.2, 0.25) is 0 Å². The van der Waals surface area contributed by atoms with E-state index in [-0.39, 0.29) is 5.91 Å². The molecule has 112 valence electrons. The maximum Gasteiger partial charge on any atom is 0.265 e. The molecule has 2 aromatic heterocycles. The van der Waals surface area contributed by atoms with Crippen LogP contribution in [-0.4, -0.2) is 16.8 Å². The van der Waals surface area contributed by atoms with Crippen LogP contribution in [0.5, 0.6) is 0 Å². The van der Waals surface area contributed by atoms with Crippen LogP contribution in [-0.2, 0) is 6.42 Å². The zero-order valence-electron chi connectivity index (χ0n) is 11.8. The van der Waals surface area contributed by atoms with E-state index < -0.39 is 0 Å². The fraction of sp³-hybridized carbons (Fsp3) is 0.125. The molecule has 3 N–H and O–H groups in total. The molecule has 0 bridgehead atoms. The third-order valence-electron chi connectivity index (χ3n) is 3.22. The molecule has 2 heterocycles. The van der Waals surface area contributed by atoms with Crippen LogP contribution in [0.25, 0.3) is 11.3 Å². The van der Waals surface area contributed by atoms with Gasteiger partial charge in [0, 0.05) is 17.0 Å². The summed E-state index contributed by atoms with van der Waals surface area (Å²) >= 11 is 2.83. The van der Waals surface area contributed by atoms with Gasteiger partial charge in [-0.05, 0) is 29.4 Å². The number of benzene rings is 1. The first kappa shape index (κ1) is 14.7. The molecule has 0 unspecified atom stereocenters. The van der Waals surface area contributed by atoms with Crippen LogP contribution < -0.4 is 11.1 Å². The summed E-state index contributed by atoms with van der Waals surface area (Å²) in [7, 11) is 0. The van der Waals surface area contributed by atoms with Crippen LogP contribution in [0.4, 0.5) is 5.69 Å². The summed E-state index contributed by atoms with van der Waals surface area (Å²) in [4.78, 5) is 14.0. The molecule has 0 aliphatic carbocycles. The molecular formula is C16H15N3OS2. The maximum atomic E-state index is 12.2. The molecule has 0 saturated carbocycles. The van der Waals surface area contributed by atoms with E-state index in [0.717, 1.165) is 23.5 Å². The number of nitrogens with two attached hydrogens (primary N) is 1. The highest BCUT2D eigenvalue weighted by Crippen LogP contribution is 2.30. The Morgan fingerprint density at radius 3 is 2.73 bits per heavy atom. The molecule has 0 aliphatic rings. The molecule has 1 aromatic carbocycles. The second-order valence-corrected chi connectivity index (χ2v) is 6.53. The average molecular weight is 329 g/mol. The molecule has 3 rings (SSSR count). The van der Waals surface area contributed by atoms with E-state index in [0.29, 0.717) is 22.8 Å². The summed E-state index contributed by atoms with van der Waals surface area (Å²) in [5.41, 5.74) is 8.14. The second kappa shape index (κ2) is 6.72. The number of nitrogens with one attached hydrogen (secondary N) is 1. The summed E-state index contributed by atoms with van der Waals surface area (Å²) in [5, 5.41) is 4.93. The van der Waals surface area contributed by atoms with Gasteiger partial charge < -0.3 is 11.1 Å². The number of amides is 1. The SMILES string of the molecule is Nc1c(-c2ccccc2)nsc1C(=O)NCCc1cccs1. The van der Waals surface area contributed by atoms with Crippen LogP contribution in [0.3, 0.4) is 0 Å². The Balaban J connectivity index is 1.67. The maximum absolute atomic E-state index is 12.2. The van der Waals surface area contributed by atoms with Crippen molar-refractivity contribution < 1.29 is 4.79 Å². The average Bonchev–Trinajstić information content (AvgIpc) is 3.18. The number of rotatable bonds is 5. The minimum Gasteiger partial charge on any atom is -0.396 e. The second-order valence-electron chi connectivity index (χ2n) is 4.73. The summed E-state index contributed by atoms with van der Waals surface area (Å²) in [6.07, 6.45) is 0.827. The van der Waals surface area contributed by atoms with Gasteiger partial charge in [0.25, 0.3) is 5.91 Å². The molecular weight excluding hydrogens is 314 g/mol. The Morgan fingerprint density at radius 1 is 1.18 bits per heavy atom. The Kier molecular flexibility index (Phi) is 4.50. The smallest absolute Gasteiger partial charge is 0.265 e. The molecule has 0 atom stereocenters. The van der Waals surface area contributed by atoms with E-state index in [4.69, 9.17) is 5.73 Å². The standard InChI is InChI=1S/C16H15N3OS2/c17-13-14(11-5-2-1-3-6-11)19-22-15(13)16(20)18-9-8-12-7-4-10-21-12/h1-7,10H,8-9,17H2,(H,18,20). The van der Waals surface area contributed by atoms with Crippen molar-refractivity contribution >= 4 is 34.5 Å². The number of hydrogen-bond donors (Lipinski definition) is 2. The number of anilines is 1. The van der Waals surface area contributed by atoms with Crippen molar-refractivity contribution in [1.82, 2.24) is 9.69 Å². The molecule has 0 spiro atoms. The van der Waals surface area contributed by atoms with Gasteiger partial charge in [-0.15, -0.1) is 11.3 Å². The monoisotopic (exact) mass is 329 g/mol. The predicted molar refractivity (Wildman–Crippen MR) is 92.3 cm³/mol. The highest BCUT2D eigenvalue weighted by Gasteiger charge is 2.18. The first-order valence-electron chi connectivity index (χ1n) is 6.87. The number of carbonyl (C=O) groups is 1. The highest BCUT2D eigenvalue weighted by molar-refractivity contribution is 7.10. The van der Waals surface area contributed by atoms with Crippen molar-refractivity contribution in [2.24, 2.45) is 0 Å². The zero-order chi connectivity index (χ0) is 15.4. The lowest BCUT2D eigenvalue weighted by Crippen LogP contribution is -2.25. The van der Waals surface area contributed by atoms with E-state index in [2.05, 4.69) is 15.8 Å². The van der Waals surface area contributed by atoms with Gasteiger partial charge >= 0.3 is 0 Å². The van der Waals surface area contributed by atoms with Crippen molar-refractivity contribution in [3.8, 4) is 11.3 Å². The molecule has 6 heteroatoms. The van der Waals surface area contributed by atoms with Crippen LogP contribution in [0.2, 0.25) is 0 Å². The van der Waals surface area contributed by atoms with Crippen molar-refractivity contribution in [3.05, 3.63) is 57.6 Å². The van der Waals surface area contributed by atoms with Gasteiger partial charge in [-0.3, -0.25) is 4.79 Å². The van der Waals surface area contributed by atoms with E-state index >= 15 is 0 Å². The molecule has 0 radical (unpaired) electrons. The van der Waals surface area contributed by atoms with Crippen molar-refractivity contribution in [1.29, 1.82) is 0 Å². The minimum atomic E-state index is -0.159. The molecule has 0 aliphatic heterocycles. The van der Waals surface area contributed by atoms with E-state index in [1.165, 1.54) is 4.88 Å². The first-order chi connectivity index (χ1) is 10.8. The van der Waals surface area contributed by atoms with Gasteiger partial charge in [0.15, 0.2) is 0 Å². The lowest BCUT2D eigenvalue weighted by molar-refractivity contribution is 0.0959. The third kappa shape index (κ3) is 3.18. The normalized spacial score (nSPS) is 10.5. The molecule has 22 heavy (non-hydrogen) atoms. The number of nitrogens with zero attached hydrogens (tertiary/aromatic N) is 1. The lowest BCUT2D eigenvalue weighted by Gasteiger charge is -2.03. The van der Waals surface area contributed by atoms with Crippen LogP contribution >= 0.6 is 22.9 Å². The Bertz CT molecular complexity index is 751. The quantitative estimate of drug-likeness (QED) is 0.753. The Morgan fingerprint density at radius 2 is 2.00 bits per heavy atom. The highest BCUT2D eigenvalue weighted by atomic mass is 32.1. The zero-order valence-corrected chi connectivity index (χ0v) is 13.4. The first-order valence-corrected chi connectivity index (χ1v) is 8.52. The fourth-order valence-electron chi connectivity index (χ4n) is 2.10. The van der Waals surface area contributed by atoms with Crippen molar-refractivity contribution in [3.63, 3.8) is 0 Å². The van der Waals surface area contributed by atoms with Crippen molar-refractivity contribution in [2.75, 3.05) is 12.3 Å². The molecule has 0 fully saturated rings. The number of thiophene rings is 1. The number of nitrogen functional groups attached to an aromatic ring is 1. The number of carbonyl (C=O) groups excluding carboxylic acids is 1. The summed E-state index contributed by atoms with van der Waals surface area (Å²) in [6.45, 7) is 0.595. The van der Waals surface area contributed by atoms with Crippen molar-refractivity contribution in [2.45, 2.75) is 6.42 Å². The Labute approximate surface area is 136 Å². The summed E-state index contributed by atoms with van der Waals surface area (Å²) in [5.74, 6) is -0.159. The minimum absolute atomic E-state index is 0.159. The predicted octanol–water partition coefficient (Wildman–Crippen LogP) is 3.43. The largest absolute Gasteiger partial charge is 0.396 e.